The van der Waals surface area contributed by atoms with Gasteiger partial charge in [0, 0.05) is 19.8 Å². The molecule has 1 heterocycles. The maximum Gasteiger partial charge on any atom is 0.252 e. The van der Waals surface area contributed by atoms with Gasteiger partial charge < -0.3 is 10.1 Å². The Morgan fingerprint density at radius 2 is 2.06 bits per heavy atom. The van der Waals surface area contributed by atoms with E-state index in [1.54, 1.807) is 0 Å². The van der Waals surface area contributed by atoms with Crippen LogP contribution in [0.5, 0.6) is 0 Å². The van der Waals surface area contributed by atoms with Gasteiger partial charge in [-0.25, -0.2) is 8.78 Å². The maximum atomic E-state index is 13.6. The third-order valence-corrected chi connectivity index (χ3v) is 3.37. The van der Waals surface area contributed by atoms with Crippen molar-refractivity contribution in [1.29, 1.82) is 0 Å². The largest absolute Gasteiger partial charge is 0.381 e. The van der Waals surface area contributed by atoms with Crippen LogP contribution in [0, 0.1) is 5.41 Å². The van der Waals surface area contributed by atoms with Gasteiger partial charge in [0.2, 0.25) is 5.91 Å². The molecule has 3 nitrogen and oxygen atoms in total. The third kappa shape index (κ3) is 3.04. The molecule has 0 unspecified atom stereocenters. The summed E-state index contributed by atoms with van der Waals surface area (Å²) < 4.78 is 32.2. The normalized spacial score (nSPS) is 20.5. The standard InChI is InChI=1S/C10H16ClF2NO2/c1-9(12,13)10(2-4-16-5-3-10)7-14-8(15)6-11/h2-7H2,1H3,(H,14,15). The van der Waals surface area contributed by atoms with E-state index in [0.717, 1.165) is 6.92 Å². The van der Waals surface area contributed by atoms with Gasteiger partial charge in [0.25, 0.3) is 5.92 Å². The van der Waals surface area contributed by atoms with Gasteiger partial charge >= 0.3 is 0 Å². The highest BCUT2D eigenvalue weighted by Crippen LogP contribution is 2.44. The van der Waals surface area contributed by atoms with Crippen molar-refractivity contribution >= 4 is 17.5 Å². The molecular weight excluding hydrogens is 240 g/mol. The van der Waals surface area contributed by atoms with Gasteiger partial charge in [-0.1, -0.05) is 0 Å². The number of carbonyl (C=O) groups is 1. The monoisotopic (exact) mass is 255 g/mol. The first kappa shape index (κ1) is 13.6. The number of hydrogen-bond donors (Lipinski definition) is 1. The fourth-order valence-corrected chi connectivity index (χ4v) is 1.94. The molecule has 0 aromatic rings. The van der Waals surface area contributed by atoms with E-state index in [1.165, 1.54) is 0 Å². The summed E-state index contributed by atoms with van der Waals surface area (Å²) in [6.45, 7) is 1.46. The quantitative estimate of drug-likeness (QED) is 0.778. The van der Waals surface area contributed by atoms with E-state index in [1.807, 2.05) is 0 Å². The Hall–Kier alpha value is -0.420. The molecule has 1 saturated heterocycles. The van der Waals surface area contributed by atoms with E-state index in [2.05, 4.69) is 5.32 Å². The first-order chi connectivity index (χ1) is 7.41. The van der Waals surface area contributed by atoms with E-state index in [0.29, 0.717) is 13.2 Å². The number of nitrogens with one attached hydrogen (secondary N) is 1. The average Bonchev–Trinajstić information content (AvgIpc) is 2.25. The molecule has 1 rings (SSSR count). The predicted octanol–water partition coefficient (Wildman–Crippen LogP) is 1.79. The molecular formula is C10H16ClF2NO2. The zero-order valence-electron chi connectivity index (χ0n) is 9.19. The van der Waals surface area contributed by atoms with E-state index in [9.17, 15) is 13.6 Å². The highest BCUT2D eigenvalue weighted by molar-refractivity contribution is 6.27. The zero-order chi connectivity index (χ0) is 12.2. The molecule has 0 saturated carbocycles. The summed E-state index contributed by atoms with van der Waals surface area (Å²) in [6.07, 6.45) is 0.498. The van der Waals surface area contributed by atoms with Gasteiger partial charge in [-0.2, -0.15) is 0 Å². The summed E-state index contributed by atoms with van der Waals surface area (Å²) in [5.41, 5.74) is -1.20. The second-order valence-electron chi connectivity index (χ2n) is 4.19. The minimum absolute atomic E-state index is 0.0502. The fraction of sp³-hybridized carbons (Fsp3) is 0.900. The summed E-state index contributed by atoms with van der Waals surface area (Å²) in [6, 6.07) is 0. The lowest BCUT2D eigenvalue weighted by Crippen LogP contribution is -2.51. The molecule has 0 aromatic carbocycles. The van der Waals surface area contributed by atoms with Crippen molar-refractivity contribution in [3.63, 3.8) is 0 Å². The Morgan fingerprint density at radius 1 is 1.50 bits per heavy atom. The Kier molecular flexibility index (Phi) is 4.50. The molecule has 0 bridgehead atoms. The summed E-state index contributed by atoms with van der Waals surface area (Å²) >= 11 is 5.31. The molecule has 94 valence electrons. The van der Waals surface area contributed by atoms with Crippen molar-refractivity contribution in [3.8, 4) is 0 Å². The van der Waals surface area contributed by atoms with Crippen molar-refractivity contribution < 1.29 is 18.3 Å². The molecule has 1 aliphatic rings. The van der Waals surface area contributed by atoms with Crippen LogP contribution in [0.3, 0.4) is 0 Å². The molecule has 0 spiro atoms. The summed E-state index contributed by atoms with van der Waals surface area (Å²) in [7, 11) is 0. The van der Waals surface area contributed by atoms with Crippen LogP contribution >= 0.6 is 11.6 Å². The molecule has 0 aliphatic carbocycles. The van der Waals surface area contributed by atoms with Crippen LogP contribution in [0.15, 0.2) is 0 Å². The van der Waals surface area contributed by atoms with Crippen LogP contribution in [0.4, 0.5) is 8.78 Å². The van der Waals surface area contributed by atoms with Crippen molar-refractivity contribution in [3.05, 3.63) is 0 Å². The molecule has 0 radical (unpaired) electrons. The molecule has 1 fully saturated rings. The summed E-state index contributed by atoms with van der Waals surface area (Å²) in [5, 5.41) is 2.44. The highest BCUT2D eigenvalue weighted by atomic mass is 35.5. The fourth-order valence-electron chi connectivity index (χ4n) is 1.85. The Balaban J connectivity index is 2.67. The van der Waals surface area contributed by atoms with E-state index < -0.39 is 17.2 Å². The lowest BCUT2D eigenvalue weighted by atomic mass is 9.75. The van der Waals surface area contributed by atoms with Crippen LogP contribution < -0.4 is 5.32 Å². The molecule has 16 heavy (non-hydrogen) atoms. The highest BCUT2D eigenvalue weighted by Gasteiger charge is 2.50. The van der Waals surface area contributed by atoms with Gasteiger partial charge in [-0.15, -0.1) is 11.6 Å². The number of carbonyl (C=O) groups excluding carboxylic acids is 1. The smallest absolute Gasteiger partial charge is 0.252 e. The van der Waals surface area contributed by atoms with Crippen molar-refractivity contribution in [2.24, 2.45) is 5.41 Å². The molecule has 0 aromatic heterocycles. The lowest BCUT2D eigenvalue weighted by molar-refractivity contribution is -0.151. The molecule has 1 aliphatic heterocycles. The Labute approximate surface area is 98.5 Å². The van der Waals surface area contributed by atoms with E-state index >= 15 is 0 Å². The van der Waals surface area contributed by atoms with Crippen LogP contribution in [0.1, 0.15) is 19.8 Å². The number of alkyl halides is 3. The number of halogens is 3. The SMILES string of the molecule is CC(F)(F)C1(CNC(=O)CCl)CCOCC1. The number of amides is 1. The first-order valence-electron chi connectivity index (χ1n) is 5.19. The summed E-state index contributed by atoms with van der Waals surface area (Å²) in [5.74, 6) is -3.46. The second kappa shape index (κ2) is 5.27. The third-order valence-electron chi connectivity index (χ3n) is 3.13. The molecule has 1 N–H and O–H groups in total. The van der Waals surface area contributed by atoms with E-state index in [-0.39, 0.29) is 25.3 Å². The molecule has 1 amide bonds. The van der Waals surface area contributed by atoms with Crippen LogP contribution in [0.2, 0.25) is 0 Å². The minimum atomic E-state index is -2.84. The summed E-state index contributed by atoms with van der Waals surface area (Å²) in [4.78, 5) is 11.0. The van der Waals surface area contributed by atoms with Crippen LogP contribution in [0.25, 0.3) is 0 Å². The van der Waals surface area contributed by atoms with Gasteiger partial charge in [-0.3, -0.25) is 4.79 Å². The predicted molar refractivity (Wildman–Crippen MR) is 56.8 cm³/mol. The zero-order valence-corrected chi connectivity index (χ0v) is 9.95. The van der Waals surface area contributed by atoms with Gasteiger partial charge in [0.1, 0.15) is 5.88 Å². The first-order valence-corrected chi connectivity index (χ1v) is 5.73. The minimum Gasteiger partial charge on any atom is -0.381 e. The Bertz CT molecular complexity index is 250. The van der Waals surface area contributed by atoms with Crippen molar-refractivity contribution in [1.82, 2.24) is 5.32 Å². The average molecular weight is 256 g/mol. The number of ether oxygens (including phenoxy) is 1. The van der Waals surface area contributed by atoms with Crippen LogP contribution in [-0.4, -0.2) is 37.5 Å². The lowest BCUT2D eigenvalue weighted by Gasteiger charge is -2.41. The maximum absolute atomic E-state index is 13.6. The van der Waals surface area contributed by atoms with Crippen molar-refractivity contribution in [2.75, 3.05) is 25.6 Å². The van der Waals surface area contributed by atoms with Gasteiger partial charge in [0.15, 0.2) is 0 Å². The Morgan fingerprint density at radius 3 is 2.50 bits per heavy atom. The number of rotatable bonds is 4. The topological polar surface area (TPSA) is 38.3 Å². The van der Waals surface area contributed by atoms with Crippen molar-refractivity contribution in [2.45, 2.75) is 25.7 Å². The number of hydrogen-bond acceptors (Lipinski definition) is 2. The van der Waals surface area contributed by atoms with Gasteiger partial charge in [0.05, 0.1) is 5.41 Å². The van der Waals surface area contributed by atoms with Crippen LogP contribution in [-0.2, 0) is 9.53 Å². The molecule has 0 atom stereocenters. The second-order valence-corrected chi connectivity index (χ2v) is 4.46. The van der Waals surface area contributed by atoms with Gasteiger partial charge in [-0.05, 0) is 19.8 Å². The molecule has 6 heteroatoms. The van der Waals surface area contributed by atoms with E-state index in [4.69, 9.17) is 16.3 Å².